The SMILES string of the molecule is CC(C)(C)NCc1cc(N2CCSCC2)ncc1Cl. The highest BCUT2D eigenvalue weighted by Gasteiger charge is 2.15. The summed E-state index contributed by atoms with van der Waals surface area (Å²) < 4.78 is 0. The Hall–Kier alpha value is -0.450. The number of thioether (sulfide) groups is 1. The van der Waals surface area contributed by atoms with Crippen LogP contribution < -0.4 is 10.2 Å². The van der Waals surface area contributed by atoms with Gasteiger partial charge in [0.2, 0.25) is 0 Å². The summed E-state index contributed by atoms with van der Waals surface area (Å²) in [7, 11) is 0. The summed E-state index contributed by atoms with van der Waals surface area (Å²) in [5.41, 5.74) is 1.22. The van der Waals surface area contributed by atoms with E-state index in [1.54, 1.807) is 6.20 Å². The summed E-state index contributed by atoms with van der Waals surface area (Å²) in [6, 6.07) is 2.12. The fourth-order valence-corrected chi connectivity index (χ4v) is 3.00. The average Bonchev–Trinajstić information content (AvgIpc) is 2.38. The second-order valence-electron chi connectivity index (χ2n) is 5.84. The first kappa shape index (κ1) is 14.9. The zero-order valence-corrected chi connectivity index (χ0v) is 13.4. The van der Waals surface area contributed by atoms with Gasteiger partial charge in [0.1, 0.15) is 5.82 Å². The molecular weight excluding hydrogens is 278 g/mol. The molecule has 0 saturated carbocycles. The zero-order valence-electron chi connectivity index (χ0n) is 11.9. The van der Waals surface area contributed by atoms with E-state index in [-0.39, 0.29) is 5.54 Å². The molecule has 0 radical (unpaired) electrons. The highest BCUT2D eigenvalue weighted by Crippen LogP contribution is 2.23. The highest BCUT2D eigenvalue weighted by atomic mass is 35.5. The van der Waals surface area contributed by atoms with E-state index in [0.29, 0.717) is 0 Å². The van der Waals surface area contributed by atoms with Crippen LogP contribution in [0.15, 0.2) is 12.3 Å². The molecule has 3 nitrogen and oxygen atoms in total. The summed E-state index contributed by atoms with van der Waals surface area (Å²) in [6.07, 6.45) is 1.78. The Labute approximate surface area is 125 Å². The van der Waals surface area contributed by atoms with Gasteiger partial charge in [0.05, 0.1) is 5.02 Å². The average molecular weight is 300 g/mol. The largest absolute Gasteiger partial charge is 0.355 e. The summed E-state index contributed by atoms with van der Waals surface area (Å²) in [4.78, 5) is 6.80. The smallest absolute Gasteiger partial charge is 0.128 e. The van der Waals surface area contributed by atoms with Gasteiger partial charge in [-0.25, -0.2) is 4.98 Å². The van der Waals surface area contributed by atoms with Crippen molar-refractivity contribution in [2.75, 3.05) is 29.5 Å². The summed E-state index contributed by atoms with van der Waals surface area (Å²) in [5.74, 6) is 3.41. The molecule has 5 heteroatoms. The number of halogens is 1. The Morgan fingerprint density at radius 1 is 1.37 bits per heavy atom. The van der Waals surface area contributed by atoms with E-state index in [9.17, 15) is 0 Å². The number of hydrogen-bond donors (Lipinski definition) is 1. The molecule has 1 saturated heterocycles. The van der Waals surface area contributed by atoms with Crippen molar-refractivity contribution in [3.05, 3.63) is 22.8 Å². The van der Waals surface area contributed by atoms with Gasteiger partial charge in [-0.05, 0) is 32.4 Å². The number of aromatic nitrogens is 1. The number of nitrogens with one attached hydrogen (secondary N) is 1. The van der Waals surface area contributed by atoms with Crippen LogP contribution in [0.3, 0.4) is 0 Å². The Bertz CT molecular complexity index is 425. The third-order valence-electron chi connectivity index (χ3n) is 3.06. The van der Waals surface area contributed by atoms with Crippen molar-refractivity contribution >= 4 is 29.2 Å². The molecule has 0 amide bonds. The lowest BCUT2D eigenvalue weighted by atomic mass is 10.1. The molecule has 0 aromatic carbocycles. The minimum Gasteiger partial charge on any atom is -0.355 e. The van der Waals surface area contributed by atoms with Crippen molar-refractivity contribution < 1.29 is 0 Å². The van der Waals surface area contributed by atoms with Crippen LogP contribution in [0.5, 0.6) is 0 Å². The standard InChI is InChI=1S/C14H22ClN3S/c1-14(2,3)17-9-11-8-13(16-10-12(11)15)18-4-6-19-7-5-18/h8,10,17H,4-7,9H2,1-3H3. The van der Waals surface area contributed by atoms with Crippen molar-refractivity contribution in [3.8, 4) is 0 Å². The van der Waals surface area contributed by atoms with Gasteiger partial charge in [-0.3, -0.25) is 0 Å². The van der Waals surface area contributed by atoms with Crippen LogP contribution in [-0.4, -0.2) is 35.1 Å². The molecule has 1 aromatic rings. The van der Waals surface area contributed by atoms with Gasteiger partial charge in [0, 0.05) is 42.9 Å². The van der Waals surface area contributed by atoms with E-state index < -0.39 is 0 Å². The van der Waals surface area contributed by atoms with Gasteiger partial charge >= 0.3 is 0 Å². The molecule has 106 valence electrons. The summed E-state index contributed by atoms with van der Waals surface area (Å²) >= 11 is 8.25. The van der Waals surface area contributed by atoms with Crippen LogP contribution in [0.4, 0.5) is 5.82 Å². The molecule has 2 rings (SSSR count). The molecule has 1 aromatic heterocycles. The third kappa shape index (κ3) is 4.55. The molecule has 0 bridgehead atoms. The van der Waals surface area contributed by atoms with E-state index in [2.05, 4.69) is 42.0 Å². The zero-order chi connectivity index (χ0) is 13.9. The van der Waals surface area contributed by atoms with Crippen LogP contribution in [0.2, 0.25) is 5.02 Å². The van der Waals surface area contributed by atoms with Gasteiger partial charge in [-0.15, -0.1) is 0 Å². The number of nitrogens with zero attached hydrogens (tertiary/aromatic N) is 2. The van der Waals surface area contributed by atoms with Crippen molar-refractivity contribution in [2.45, 2.75) is 32.9 Å². The molecule has 1 aliphatic rings. The van der Waals surface area contributed by atoms with Gasteiger partial charge < -0.3 is 10.2 Å². The topological polar surface area (TPSA) is 28.2 Å². The molecule has 0 aliphatic carbocycles. The normalized spacial score (nSPS) is 16.7. The van der Waals surface area contributed by atoms with E-state index in [1.165, 1.54) is 11.5 Å². The maximum atomic E-state index is 6.24. The van der Waals surface area contributed by atoms with Crippen molar-refractivity contribution in [1.82, 2.24) is 10.3 Å². The molecule has 1 N–H and O–H groups in total. The molecule has 1 fully saturated rings. The van der Waals surface area contributed by atoms with Crippen LogP contribution in [0.25, 0.3) is 0 Å². The lowest BCUT2D eigenvalue weighted by molar-refractivity contribution is 0.424. The second-order valence-corrected chi connectivity index (χ2v) is 7.47. The minimum absolute atomic E-state index is 0.0918. The number of rotatable bonds is 3. The molecular formula is C14H22ClN3S. The fraction of sp³-hybridized carbons (Fsp3) is 0.643. The molecule has 0 spiro atoms. The van der Waals surface area contributed by atoms with E-state index >= 15 is 0 Å². The van der Waals surface area contributed by atoms with E-state index in [1.807, 2.05) is 11.8 Å². The molecule has 0 atom stereocenters. The Balaban J connectivity index is 2.10. The van der Waals surface area contributed by atoms with Crippen molar-refractivity contribution in [2.24, 2.45) is 0 Å². The van der Waals surface area contributed by atoms with Crippen molar-refractivity contribution in [1.29, 1.82) is 0 Å². The maximum Gasteiger partial charge on any atom is 0.128 e. The monoisotopic (exact) mass is 299 g/mol. The van der Waals surface area contributed by atoms with Gasteiger partial charge in [-0.1, -0.05) is 11.6 Å². The number of pyridine rings is 1. The second kappa shape index (κ2) is 6.33. The van der Waals surface area contributed by atoms with Crippen LogP contribution in [0, 0.1) is 0 Å². The van der Waals surface area contributed by atoms with Crippen LogP contribution >= 0.6 is 23.4 Å². The third-order valence-corrected chi connectivity index (χ3v) is 4.35. The lowest BCUT2D eigenvalue weighted by Gasteiger charge is -2.28. The first-order valence-electron chi connectivity index (χ1n) is 6.68. The summed E-state index contributed by atoms with van der Waals surface area (Å²) in [5, 5.41) is 4.22. The van der Waals surface area contributed by atoms with Gasteiger partial charge in [0.15, 0.2) is 0 Å². The predicted octanol–water partition coefficient (Wildman–Crippen LogP) is 3.18. The van der Waals surface area contributed by atoms with Crippen molar-refractivity contribution in [3.63, 3.8) is 0 Å². The molecule has 1 aliphatic heterocycles. The minimum atomic E-state index is 0.0918. The maximum absolute atomic E-state index is 6.24. The first-order valence-corrected chi connectivity index (χ1v) is 8.21. The Morgan fingerprint density at radius 2 is 2.05 bits per heavy atom. The molecule has 19 heavy (non-hydrogen) atoms. The van der Waals surface area contributed by atoms with Crippen LogP contribution in [-0.2, 0) is 6.54 Å². The first-order chi connectivity index (χ1) is 8.96. The van der Waals surface area contributed by atoms with Gasteiger partial charge in [-0.2, -0.15) is 11.8 Å². The Kier molecular flexibility index (Phi) is 4.98. The van der Waals surface area contributed by atoms with Gasteiger partial charge in [0.25, 0.3) is 0 Å². The summed E-state index contributed by atoms with van der Waals surface area (Å²) in [6.45, 7) is 9.40. The fourth-order valence-electron chi connectivity index (χ4n) is 1.93. The molecule has 0 unspecified atom stereocenters. The van der Waals surface area contributed by atoms with E-state index in [0.717, 1.165) is 36.0 Å². The number of anilines is 1. The highest BCUT2D eigenvalue weighted by molar-refractivity contribution is 7.99. The predicted molar refractivity (Wildman–Crippen MR) is 85.4 cm³/mol. The van der Waals surface area contributed by atoms with Crippen LogP contribution in [0.1, 0.15) is 26.3 Å². The number of hydrogen-bond acceptors (Lipinski definition) is 4. The quantitative estimate of drug-likeness (QED) is 0.928. The van der Waals surface area contributed by atoms with E-state index in [4.69, 9.17) is 11.6 Å². The lowest BCUT2D eigenvalue weighted by Crippen LogP contribution is -2.35. The molecule has 2 heterocycles. The Morgan fingerprint density at radius 3 is 2.68 bits per heavy atom.